The minimum Gasteiger partial charge on any atom is -0.399 e. The van der Waals surface area contributed by atoms with Gasteiger partial charge in [-0.15, -0.1) is 62.0 Å². The number of carbonyl (C=O) groups excluding carboxylic acids is 16. The molecular formula is C107H154Cl5F2N19O16. The number of aryl methyl sites for hydroxylation is 2. The highest BCUT2D eigenvalue weighted by molar-refractivity contribution is 6.05. The standard InChI is InChI=1S/C55H76FN9O8.C52H73FN10O8.5ClH/c1-31-12-14-34(15-13-31)27-60-50(70)42-20-36(29-64(42)52(72)46(54(4,5)6)62-48(68)32(2)58-10)22-44(66)38-24-39(26-41(57)25-38)45(67)23-37-21-43(51(71)61-28-35-16-18-40(56)19-17-35)65(30-37)53(73)47(55(7,8)9)63-49(69)33(3)59-11;1-29-12-14-32(15-13-29)25-56-47(68)39-20-34(27-62(39)49(70)43(51(4,5)6)58-45(66)30(2)54-10)22-41(64)37-24-38(61-60-37)42(65)23-35-21-40(48(69)57-26-33-16-18-36(53)19-17-33)63(28-35)50(71)44(52(7,8)9)59-46(67)31(3)55-11;;;;;/h12-19,24-26,32-33,36-37,42-43,46-47,58-59H,20-23,27-30,57H2,1-11H3,(H,60,70)(H,61,71)(H,62,68)(H,63,69);12-19,24,30-31,34-35,39-40,43-44,54-55H,20-23,25-28H2,1-11H3,(H,56,68)(H,57,69)(H,58,66)(H,59,67)(H,60,61);5*1H/t32-,33-,36+,37+,42-,43-,46+,47+;30-,31-,34+,35+,39-,40-,43+,44+;;;;;/m00...../s1. The van der Waals surface area contributed by atoms with E-state index in [-0.39, 0.29) is 217 Å². The van der Waals surface area contributed by atoms with Crippen molar-refractivity contribution in [3.05, 3.63) is 189 Å². The summed E-state index contributed by atoms with van der Waals surface area (Å²) in [6, 6.07) is 22.1. The minimum absolute atomic E-state index is 0. The molecule has 0 saturated carbocycles. The third-order valence-corrected chi connectivity index (χ3v) is 27.4. The molecule has 12 amide bonds. The van der Waals surface area contributed by atoms with Crippen LogP contribution in [0.25, 0.3) is 0 Å². The van der Waals surface area contributed by atoms with Gasteiger partial charge in [0.2, 0.25) is 70.9 Å². The third kappa shape index (κ3) is 36.2. The molecule has 35 nitrogen and oxygen atoms in total. The number of likely N-dealkylation sites (tertiary alicyclic amines) is 4. The van der Waals surface area contributed by atoms with E-state index in [0.717, 1.165) is 22.3 Å². The Morgan fingerprint density at radius 2 is 0.577 bits per heavy atom. The normalized spacial score (nSPS) is 19.0. The summed E-state index contributed by atoms with van der Waals surface area (Å²) in [6.07, 6.45) is 0.159. The smallest absolute Gasteiger partial charge is 0.246 e. The second-order valence-corrected chi connectivity index (χ2v) is 43.3. The quantitative estimate of drug-likeness (QED) is 0.0126. The number of halogens is 7. The Morgan fingerprint density at radius 3 is 0.812 bits per heavy atom. The summed E-state index contributed by atoms with van der Waals surface area (Å²) < 4.78 is 27.2. The van der Waals surface area contributed by atoms with Gasteiger partial charge < -0.3 is 89.1 Å². The van der Waals surface area contributed by atoms with Crippen LogP contribution in [0.5, 0.6) is 0 Å². The molecule has 0 spiro atoms. The number of nitrogen functional groups attached to an aromatic ring is 1. The number of ketones is 4. The molecule has 4 saturated heterocycles. The highest BCUT2D eigenvalue weighted by Gasteiger charge is 2.52. The molecule has 822 valence electrons. The Hall–Kier alpha value is -11.4. The van der Waals surface area contributed by atoms with E-state index >= 15 is 0 Å². The maximum absolute atomic E-state index is 14.5. The van der Waals surface area contributed by atoms with Gasteiger partial charge in [-0.05, 0) is 212 Å². The molecule has 0 bridgehead atoms. The molecule has 10 rings (SSSR count). The summed E-state index contributed by atoms with van der Waals surface area (Å²) in [5.74, 6) is -9.56. The predicted molar refractivity (Wildman–Crippen MR) is 578 cm³/mol. The van der Waals surface area contributed by atoms with Crippen LogP contribution >= 0.6 is 62.0 Å². The Balaban J connectivity index is 0.000000600. The second kappa shape index (κ2) is 57.2. The average Bonchev–Trinajstić information content (AvgIpc) is 1.65. The monoisotopic (exact) mass is 2170 g/mol. The maximum Gasteiger partial charge on any atom is 0.246 e. The highest BCUT2D eigenvalue weighted by Crippen LogP contribution is 2.38. The topological polar surface area (TPSA) is 485 Å². The Labute approximate surface area is 904 Å². The van der Waals surface area contributed by atoms with Crippen molar-refractivity contribution >= 4 is 162 Å². The number of carbonyl (C=O) groups is 16. The van der Waals surface area contributed by atoms with E-state index < -0.39 is 200 Å². The van der Waals surface area contributed by atoms with Crippen LogP contribution in [-0.4, -0.2) is 251 Å². The lowest BCUT2D eigenvalue weighted by Gasteiger charge is -2.36. The van der Waals surface area contributed by atoms with Crippen LogP contribution in [-0.2, 0) is 83.7 Å². The zero-order valence-corrected chi connectivity index (χ0v) is 93.3. The zero-order valence-electron chi connectivity index (χ0n) is 89.2. The third-order valence-electron chi connectivity index (χ3n) is 27.4. The van der Waals surface area contributed by atoms with Crippen molar-refractivity contribution in [2.75, 3.05) is 60.1 Å². The van der Waals surface area contributed by atoms with Gasteiger partial charge in [0.15, 0.2) is 23.1 Å². The van der Waals surface area contributed by atoms with Crippen LogP contribution in [0, 0.1) is 70.8 Å². The van der Waals surface area contributed by atoms with Gasteiger partial charge in [-0.1, -0.05) is 167 Å². The Bertz CT molecular complexity index is 5290. The van der Waals surface area contributed by atoms with E-state index in [2.05, 4.69) is 74.0 Å². The number of Topliss-reactive ketones (excluding diaryl/α,β-unsaturated/α-hetero) is 4. The van der Waals surface area contributed by atoms with E-state index in [1.54, 1.807) is 110 Å². The van der Waals surface area contributed by atoms with Crippen LogP contribution in [0.3, 0.4) is 0 Å². The average molecular weight is 2180 g/mol. The van der Waals surface area contributed by atoms with Crippen molar-refractivity contribution in [3.8, 4) is 0 Å². The molecule has 16 atom stereocenters. The fourth-order valence-electron chi connectivity index (χ4n) is 18.0. The van der Waals surface area contributed by atoms with Crippen molar-refractivity contribution in [2.45, 2.75) is 275 Å². The molecule has 6 aromatic rings. The molecule has 0 aliphatic carbocycles. The largest absolute Gasteiger partial charge is 0.399 e. The molecule has 0 unspecified atom stereocenters. The van der Waals surface area contributed by atoms with Crippen molar-refractivity contribution < 1.29 is 85.5 Å². The predicted octanol–water partition coefficient (Wildman–Crippen LogP) is 9.66. The first kappa shape index (κ1) is 130. The first-order valence-corrected chi connectivity index (χ1v) is 49.4. The number of nitrogens with two attached hydrogens (primary N) is 1. The second-order valence-electron chi connectivity index (χ2n) is 43.3. The number of hydrogen-bond acceptors (Lipinski definition) is 22. The van der Waals surface area contributed by atoms with Gasteiger partial charge in [0.1, 0.15) is 71.4 Å². The number of nitrogens with zero attached hydrogens (tertiary/aromatic N) is 5. The number of likely N-dealkylation sites (N-methyl/N-ethyl adjacent to an activating group) is 4. The molecule has 149 heavy (non-hydrogen) atoms. The Morgan fingerprint density at radius 1 is 0.349 bits per heavy atom. The van der Waals surface area contributed by atoms with Gasteiger partial charge >= 0.3 is 0 Å². The number of hydrogen-bond donors (Lipinski definition) is 14. The number of H-pyrrole nitrogens is 1. The van der Waals surface area contributed by atoms with Gasteiger partial charge in [-0.3, -0.25) is 81.8 Å². The summed E-state index contributed by atoms with van der Waals surface area (Å²) >= 11 is 0. The number of anilines is 1. The van der Waals surface area contributed by atoms with Gasteiger partial charge in [-0.25, -0.2) is 8.78 Å². The molecule has 5 aromatic carbocycles. The van der Waals surface area contributed by atoms with Crippen molar-refractivity contribution in [1.29, 1.82) is 0 Å². The van der Waals surface area contributed by atoms with E-state index in [9.17, 15) is 85.5 Å². The van der Waals surface area contributed by atoms with E-state index in [0.29, 0.717) is 11.1 Å². The fraction of sp³-hybridized carbons (Fsp3) is 0.542. The lowest BCUT2D eigenvalue weighted by Crippen LogP contribution is -2.59. The van der Waals surface area contributed by atoms with Crippen LogP contribution in [0.15, 0.2) is 121 Å². The number of aromatic nitrogens is 2. The molecule has 1 aromatic heterocycles. The van der Waals surface area contributed by atoms with Gasteiger partial charge in [-0.2, -0.15) is 5.10 Å². The molecular weight excluding hydrogens is 2020 g/mol. The summed E-state index contributed by atoms with van der Waals surface area (Å²) in [5.41, 5.74) is 8.99. The molecule has 4 aliphatic rings. The zero-order chi connectivity index (χ0) is 107. The number of amides is 12. The number of benzene rings is 5. The first-order valence-electron chi connectivity index (χ1n) is 49.4. The van der Waals surface area contributed by atoms with Gasteiger partial charge in [0.05, 0.1) is 24.2 Å². The van der Waals surface area contributed by atoms with Crippen LogP contribution in [0.2, 0.25) is 0 Å². The number of rotatable bonds is 40. The summed E-state index contributed by atoms with van der Waals surface area (Å²) in [6.45, 7) is 33.1. The minimum atomic E-state index is -1.03. The highest BCUT2D eigenvalue weighted by atomic mass is 35.5. The lowest BCUT2D eigenvalue weighted by molar-refractivity contribution is -0.144. The van der Waals surface area contributed by atoms with Crippen LogP contribution < -0.4 is 69.5 Å². The molecule has 42 heteroatoms. The number of nitrogens with one attached hydrogen (secondary N) is 13. The van der Waals surface area contributed by atoms with Crippen LogP contribution in [0.4, 0.5) is 14.5 Å². The van der Waals surface area contributed by atoms with Crippen LogP contribution in [0.1, 0.15) is 237 Å². The number of aromatic amines is 1. The maximum atomic E-state index is 14.5. The van der Waals surface area contributed by atoms with E-state index in [4.69, 9.17) is 5.73 Å². The summed E-state index contributed by atoms with van der Waals surface area (Å²) in [4.78, 5) is 228. The first-order chi connectivity index (χ1) is 67.5. The molecule has 0 radical (unpaired) electrons. The van der Waals surface area contributed by atoms with Gasteiger partial charge in [0, 0.05) is 94.9 Å². The molecule has 4 aliphatic heterocycles. The van der Waals surface area contributed by atoms with Crippen molar-refractivity contribution in [1.82, 2.24) is 93.6 Å². The van der Waals surface area contributed by atoms with Crippen molar-refractivity contribution in [3.63, 3.8) is 0 Å². The Kier molecular flexibility index (Phi) is 49.8. The van der Waals surface area contributed by atoms with Gasteiger partial charge in [0.25, 0.3) is 0 Å². The fourth-order valence-corrected chi connectivity index (χ4v) is 18.0. The lowest BCUT2D eigenvalue weighted by atomic mass is 9.85. The van der Waals surface area contributed by atoms with E-state index in [1.165, 1.54) is 80.3 Å². The summed E-state index contributed by atoms with van der Waals surface area (Å²) in [5, 5.41) is 41.5. The van der Waals surface area contributed by atoms with E-state index in [1.807, 2.05) is 104 Å². The summed E-state index contributed by atoms with van der Waals surface area (Å²) in [7, 11) is 6.52. The molecule has 5 heterocycles. The molecule has 15 N–H and O–H groups in total. The molecule has 4 fully saturated rings. The van der Waals surface area contributed by atoms with Crippen molar-refractivity contribution in [2.24, 2.45) is 45.3 Å². The SMILES string of the molecule is CN[C@@H](C)C(=O)N[C@H](C(=O)N1C[C@@H](CC(=O)c2cc(C(=O)C[C@H]3C[C@@H](C(=O)NCc4ccc(C)cc4)N(C(=O)[C@@H](NC(=O)[C@H](C)NC)C(C)(C)C)C3)[nH]n2)C[C@H]1C(=O)NCc1ccc(F)cc1)C(C)(C)C.CN[C@@H](C)C(=O)N[C@H](C(=O)N1C[C@@H](CC(=O)c2cc(N)cc(C(=O)C[C@H]3C[C@@H](C(=O)NCc4ccc(F)cc4)N(C(=O)[C@@H](NC(=O)[C@H](C)NC)C(C)(C)C)C3)c2)C[C@H]1C(=O)NCc1ccc(C)cc1)C(C)(C)C.Cl.Cl.Cl.Cl.Cl.